The highest BCUT2D eigenvalue weighted by molar-refractivity contribution is 7.15. The van der Waals surface area contributed by atoms with Crippen molar-refractivity contribution in [3.63, 3.8) is 0 Å². The highest BCUT2D eigenvalue weighted by Crippen LogP contribution is 2.38. The lowest BCUT2D eigenvalue weighted by molar-refractivity contribution is 0.229. The topological polar surface area (TPSA) is 64.9 Å². The number of rotatable bonds is 2. The Bertz CT molecular complexity index is 540. The fraction of sp³-hybridized carbons (Fsp3) is 0.500. The minimum absolute atomic E-state index is 0. The van der Waals surface area contributed by atoms with Crippen molar-refractivity contribution in [2.75, 3.05) is 0 Å². The van der Waals surface area contributed by atoms with Crippen LogP contribution in [0.2, 0.25) is 0 Å². The Kier molecular flexibility index (Phi) is 3.49. The molecule has 2 heterocycles. The molecule has 1 aliphatic rings. The molecule has 98 valence electrons. The molecule has 2 aromatic heterocycles. The number of halogens is 1. The van der Waals surface area contributed by atoms with E-state index in [-0.39, 0.29) is 17.9 Å². The van der Waals surface area contributed by atoms with E-state index in [1.807, 2.05) is 0 Å². The molecule has 1 saturated carbocycles. The van der Waals surface area contributed by atoms with Gasteiger partial charge in [0.15, 0.2) is 5.82 Å². The van der Waals surface area contributed by atoms with Crippen LogP contribution in [0.4, 0.5) is 0 Å². The lowest BCUT2D eigenvalue weighted by atomic mass is 9.77. The summed E-state index contributed by atoms with van der Waals surface area (Å²) in [5, 5.41) is 4.02. The van der Waals surface area contributed by atoms with Gasteiger partial charge in [0, 0.05) is 4.88 Å². The Morgan fingerprint density at radius 3 is 2.61 bits per heavy atom. The average molecular weight is 286 g/mol. The lowest BCUT2D eigenvalue weighted by Crippen LogP contribution is -2.44. The van der Waals surface area contributed by atoms with Gasteiger partial charge in [0.25, 0.3) is 5.89 Å². The minimum atomic E-state index is -0.344. The summed E-state index contributed by atoms with van der Waals surface area (Å²) in [5.74, 6) is 1.25. The summed E-state index contributed by atoms with van der Waals surface area (Å²) in [5.41, 5.74) is 7.08. The van der Waals surface area contributed by atoms with E-state index in [2.05, 4.69) is 30.1 Å². The smallest absolute Gasteiger partial charge is 0.268 e. The summed E-state index contributed by atoms with van der Waals surface area (Å²) in [6.07, 6.45) is 3.06. The second kappa shape index (κ2) is 4.64. The maximum atomic E-state index is 6.17. The zero-order valence-corrected chi connectivity index (χ0v) is 12.0. The first-order valence-corrected chi connectivity index (χ1v) is 6.61. The standard InChI is InChI=1S/C12H15N3OS.ClH/c1-7-6-9(17-8(7)2)10-14-11(15-16-10)12(13)4-3-5-12;/h6H,3-5,13H2,1-2H3;1H. The Hall–Kier alpha value is -0.910. The molecule has 1 fully saturated rings. The quantitative estimate of drug-likeness (QED) is 0.920. The SMILES string of the molecule is Cc1cc(-c2nc(C3(N)CCC3)no2)sc1C.Cl. The monoisotopic (exact) mass is 285 g/mol. The van der Waals surface area contributed by atoms with Crippen LogP contribution in [0.3, 0.4) is 0 Å². The Morgan fingerprint density at radius 2 is 2.11 bits per heavy atom. The number of thiophene rings is 1. The Labute approximate surface area is 116 Å². The summed E-state index contributed by atoms with van der Waals surface area (Å²) in [6.45, 7) is 4.18. The molecule has 6 heteroatoms. The first-order valence-electron chi connectivity index (χ1n) is 5.79. The molecule has 0 atom stereocenters. The van der Waals surface area contributed by atoms with Gasteiger partial charge in [0.05, 0.1) is 10.4 Å². The van der Waals surface area contributed by atoms with Gasteiger partial charge in [0.1, 0.15) is 0 Å². The van der Waals surface area contributed by atoms with Crippen LogP contribution in [0.15, 0.2) is 10.6 Å². The van der Waals surface area contributed by atoms with Crippen molar-refractivity contribution in [3.8, 4) is 10.8 Å². The van der Waals surface area contributed by atoms with Gasteiger partial charge in [-0.1, -0.05) is 5.16 Å². The molecule has 0 aromatic carbocycles. The van der Waals surface area contributed by atoms with Gasteiger partial charge < -0.3 is 10.3 Å². The van der Waals surface area contributed by atoms with Crippen molar-refractivity contribution in [1.82, 2.24) is 10.1 Å². The number of hydrogen-bond donors (Lipinski definition) is 1. The van der Waals surface area contributed by atoms with Crippen LogP contribution in [0.5, 0.6) is 0 Å². The third-order valence-electron chi connectivity index (χ3n) is 3.49. The molecular weight excluding hydrogens is 270 g/mol. The van der Waals surface area contributed by atoms with Crippen LogP contribution < -0.4 is 5.73 Å². The molecule has 18 heavy (non-hydrogen) atoms. The Balaban J connectivity index is 0.00000120. The van der Waals surface area contributed by atoms with Crippen molar-refractivity contribution >= 4 is 23.7 Å². The van der Waals surface area contributed by atoms with Crippen LogP contribution in [0.25, 0.3) is 10.8 Å². The van der Waals surface area contributed by atoms with Gasteiger partial charge in [-0.3, -0.25) is 0 Å². The summed E-state index contributed by atoms with van der Waals surface area (Å²) in [6, 6.07) is 2.08. The molecule has 0 radical (unpaired) electrons. The molecule has 0 aliphatic heterocycles. The largest absolute Gasteiger partial charge is 0.333 e. The van der Waals surface area contributed by atoms with E-state index in [0.717, 1.165) is 24.1 Å². The second-order valence-corrected chi connectivity index (χ2v) is 6.04. The predicted molar refractivity (Wildman–Crippen MR) is 74.0 cm³/mol. The van der Waals surface area contributed by atoms with E-state index in [4.69, 9.17) is 10.3 Å². The number of hydrogen-bond acceptors (Lipinski definition) is 5. The van der Waals surface area contributed by atoms with Gasteiger partial charge in [-0.15, -0.1) is 23.7 Å². The molecule has 4 nitrogen and oxygen atoms in total. The molecule has 3 rings (SSSR count). The molecule has 1 aliphatic carbocycles. The van der Waals surface area contributed by atoms with E-state index >= 15 is 0 Å². The molecule has 0 spiro atoms. The highest BCUT2D eigenvalue weighted by atomic mass is 35.5. The average Bonchev–Trinajstić information content (AvgIpc) is 2.84. The third-order valence-corrected chi connectivity index (χ3v) is 4.63. The number of nitrogens with zero attached hydrogens (tertiary/aromatic N) is 2. The van der Waals surface area contributed by atoms with Crippen LogP contribution >= 0.6 is 23.7 Å². The number of nitrogens with two attached hydrogens (primary N) is 1. The third kappa shape index (κ3) is 2.06. The van der Waals surface area contributed by atoms with Crippen molar-refractivity contribution in [1.29, 1.82) is 0 Å². The van der Waals surface area contributed by atoms with Gasteiger partial charge in [0.2, 0.25) is 0 Å². The molecule has 0 saturated heterocycles. The second-order valence-electron chi connectivity index (χ2n) is 4.78. The fourth-order valence-electron chi connectivity index (χ4n) is 1.99. The fourth-order valence-corrected chi connectivity index (χ4v) is 2.94. The van der Waals surface area contributed by atoms with Gasteiger partial charge in [-0.2, -0.15) is 4.98 Å². The first-order chi connectivity index (χ1) is 8.08. The van der Waals surface area contributed by atoms with Crippen molar-refractivity contribution in [3.05, 3.63) is 22.3 Å². The normalized spacial score (nSPS) is 17.1. The van der Waals surface area contributed by atoms with Crippen LogP contribution in [0.1, 0.15) is 35.5 Å². The number of aryl methyl sites for hydroxylation is 2. The lowest BCUT2D eigenvalue weighted by Gasteiger charge is -2.34. The molecular formula is C12H16ClN3OS. The van der Waals surface area contributed by atoms with Crippen LogP contribution in [-0.4, -0.2) is 10.1 Å². The molecule has 2 N–H and O–H groups in total. The maximum absolute atomic E-state index is 6.17. The summed E-state index contributed by atoms with van der Waals surface area (Å²) in [7, 11) is 0. The molecule has 0 unspecified atom stereocenters. The maximum Gasteiger partial charge on any atom is 0.268 e. The van der Waals surface area contributed by atoms with E-state index in [1.54, 1.807) is 11.3 Å². The summed E-state index contributed by atoms with van der Waals surface area (Å²) in [4.78, 5) is 6.75. The van der Waals surface area contributed by atoms with Gasteiger partial charge in [-0.25, -0.2) is 0 Å². The van der Waals surface area contributed by atoms with Gasteiger partial charge >= 0.3 is 0 Å². The van der Waals surface area contributed by atoms with E-state index < -0.39 is 0 Å². The van der Waals surface area contributed by atoms with Crippen LogP contribution in [0, 0.1) is 13.8 Å². The van der Waals surface area contributed by atoms with Crippen molar-refractivity contribution in [2.45, 2.75) is 38.6 Å². The Morgan fingerprint density at radius 1 is 1.39 bits per heavy atom. The summed E-state index contributed by atoms with van der Waals surface area (Å²) >= 11 is 1.68. The van der Waals surface area contributed by atoms with E-state index in [0.29, 0.717) is 11.7 Å². The first kappa shape index (κ1) is 13.5. The molecule has 0 amide bonds. The van der Waals surface area contributed by atoms with E-state index in [1.165, 1.54) is 10.4 Å². The van der Waals surface area contributed by atoms with Crippen molar-refractivity contribution < 1.29 is 4.52 Å². The molecule has 0 bridgehead atoms. The number of aromatic nitrogens is 2. The zero-order valence-electron chi connectivity index (χ0n) is 10.4. The van der Waals surface area contributed by atoms with Gasteiger partial charge in [-0.05, 0) is 44.7 Å². The molecule has 2 aromatic rings. The van der Waals surface area contributed by atoms with Crippen molar-refractivity contribution in [2.24, 2.45) is 5.73 Å². The van der Waals surface area contributed by atoms with E-state index in [9.17, 15) is 0 Å². The predicted octanol–water partition coefficient (Wildman–Crippen LogP) is 3.17. The summed E-state index contributed by atoms with van der Waals surface area (Å²) < 4.78 is 5.31. The van der Waals surface area contributed by atoms with Crippen LogP contribution in [-0.2, 0) is 5.54 Å². The zero-order chi connectivity index (χ0) is 12.0. The highest BCUT2D eigenvalue weighted by Gasteiger charge is 2.39. The minimum Gasteiger partial charge on any atom is -0.333 e.